The number of ether oxygens (including phenoxy) is 1. The molecular weight excluding hydrogens is 340 g/mol. The molecule has 0 saturated heterocycles. The Morgan fingerprint density at radius 2 is 1.78 bits per heavy atom. The molecule has 1 amide bonds. The number of carbonyl (C=O) groups is 1. The predicted octanol–water partition coefficient (Wildman–Crippen LogP) is 3.45. The summed E-state index contributed by atoms with van der Waals surface area (Å²) in [5.41, 5.74) is 2.99. The molecule has 6 heteroatoms. The fourth-order valence-electron chi connectivity index (χ4n) is 3.35. The lowest BCUT2D eigenvalue weighted by Gasteiger charge is -2.29. The molecule has 1 aromatic carbocycles. The van der Waals surface area contributed by atoms with Crippen molar-refractivity contribution in [3.63, 3.8) is 0 Å². The van der Waals surface area contributed by atoms with E-state index in [9.17, 15) is 4.79 Å². The number of pyridine rings is 1. The predicted molar refractivity (Wildman–Crippen MR) is 103 cm³/mol. The summed E-state index contributed by atoms with van der Waals surface area (Å²) in [4.78, 5) is 25.5. The number of para-hydroxylation sites is 2. The van der Waals surface area contributed by atoms with Crippen molar-refractivity contribution in [2.75, 3.05) is 0 Å². The van der Waals surface area contributed by atoms with Gasteiger partial charge in [0.2, 0.25) is 5.88 Å². The van der Waals surface area contributed by atoms with Gasteiger partial charge in [0, 0.05) is 18.3 Å². The van der Waals surface area contributed by atoms with E-state index in [0.717, 1.165) is 42.3 Å². The van der Waals surface area contributed by atoms with Crippen LogP contribution in [-0.4, -0.2) is 33.0 Å². The summed E-state index contributed by atoms with van der Waals surface area (Å²) in [6, 6.07) is 11.6. The van der Waals surface area contributed by atoms with Crippen molar-refractivity contribution < 1.29 is 9.53 Å². The van der Waals surface area contributed by atoms with Crippen LogP contribution in [0.4, 0.5) is 0 Å². The highest BCUT2D eigenvalue weighted by Gasteiger charge is 2.24. The quantitative estimate of drug-likeness (QED) is 0.769. The zero-order valence-electron chi connectivity index (χ0n) is 15.3. The maximum atomic E-state index is 12.5. The van der Waals surface area contributed by atoms with Crippen LogP contribution in [0.5, 0.6) is 5.88 Å². The largest absolute Gasteiger partial charge is 0.474 e. The topological polar surface area (TPSA) is 77.0 Å². The number of rotatable bonds is 4. The number of carbonyl (C=O) groups excluding carboxylic acids is 1. The van der Waals surface area contributed by atoms with Gasteiger partial charge in [-0.1, -0.05) is 18.2 Å². The van der Waals surface area contributed by atoms with Gasteiger partial charge in [-0.25, -0.2) is 9.97 Å². The number of hydrogen-bond donors (Lipinski definition) is 1. The van der Waals surface area contributed by atoms with Crippen LogP contribution in [0.3, 0.4) is 0 Å². The van der Waals surface area contributed by atoms with Crippen LogP contribution in [0.25, 0.3) is 11.0 Å². The average Bonchev–Trinajstić information content (AvgIpc) is 2.71. The fourth-order valence-corrected chi connectivity index (χ4v) is 3.35. The smallest absolute Gasteiger partial charge is 0.271 e. The molecule has 0 spiro atoms. The van der Waals surface area contributed by atoms with Crippen molar-refractivity contribution in [1.29, 1.82) is 0 Å². The summed E-state index contributed by atoms with van der Waals surface area (Å²) in [5.74, 6) is 0.498. The van der Waals surface area contributed by atoms with Crippen LogP contribution in [0.15, 0.2) is 48.8 Å². The third-order valence-electron chi connectivity index (χ3n) is 4.86. The number of nitrogens with zero attached hydrogens (tertiary/aromatic N) is 3. The Balaban J connectivity index is 1.31. The molecule has 1 N–H and O–H groups in total. The molecule has 3 aromatic rings. The standard InChI is InChI=1S/C21H22N4O2/c1-14-6-11-20(23-12-14)27-16-9-7-15(8-10-16)24-21(26)19-13-22-17-4-2-3-5-18(17)25-19/h2-6,11-13,15-16H,7-10H2,1H3,(H,24,26). The highest BCUT2D eigenvalue weighted by atomic mass is 16.5. The summed E-state index contributed by atoms with van der Waals surface area (Å²) in [7, 11) is 0. The van der Waals surface area contributed by atoms with Gasteiger partial charge in [0.15, 0.2) is 0 Å². The van der Waals surface area contributed by atoms with Crippen LogP contribution in [-0.2, 0) is 0 Å². The minimum absolute atomic E-state index is 0.136. The van der Waals surface area contributed by atoms with Crippen molar-refractivity contribution in [2.24, 2.45) is 0 Å². The number of fused-ring (bicyclic) bond motifs is 1. The minimum atomic E-state index is -0.169. The van der Waals surface area contributed by atoms with Gasteiger partial charge in [0.1, 0.15) is 11.8 Å². The number of benzene rings is 1. The van der Waals surface area contributed by atoms with Gasteiger partial charge >= 0.3 is 0 Å². The van der Waals surface area contributed by atoms with E-state index in [2.05, 4.69) is 20.3 Å². The summed E-state index contributed by atoms with van der Waals surface area (Å²) >= 11 is 0. The molecule has 1 aliphatic carbocycles. The van der Waals surface area contributed by atoms with E-state index < -0.39 is 0 Å². The average molecular weight is 362 g/mol. The van der Waals surface area contributed by atoms with Crippen molar-refractivity contribution in [2.45, 2.75) is 44.8 Å². The molecule has 2 heterocycles. The van der Waals surface area contributed by atoms with E-state index in [-0.39, 0.29) is 18.1 Å². The molecule has 27 heavy (non-hydrogen) atoms. The third-order valence-corrected chi connectivity index (χ3v) is 4.86. The van der Waals surface area contributed by atoms with Gasteiger partial charge < -0.3 is 10.1 Å². The molecule has 138 valence electrons. The van der Waals surface area contributed by atoms with Crippen molar-refractivity contribution in [3.8, 4) is 5.88 Å². The van der Waals surface area contributed by atoms with Crippen molar-refractivity contribution in [1.82, 2.24) is 20.3 Å². The van der Waals surface area contributed by atoms with Crippen LogP contribution in [0.1, 0.15) is 41.7 Å². The van der Waals surface area contributed by atoms with Crippen molar-refractivity contribution in [3.05, 3.63) is 60.0 Å². The third kappa shape index (κ3) is 4.22. The maximum Gasteiger partial charge on any atom is 0.271 e. The molecule has 0 atom stereocenters. The van der Waals surface area contributed by atoms with E-state index in [1.54, 1.807) is 0 Å². The highest BCUT2D eigenvalue weighted by molar-refractivity contribution is 5.93. The molecule has 0 bridgehead atoms. The van der Waals surface area contributed by atoms with Crippen molar-refractivity contribution >= 4 is 16.9 Å². The number of aryl methyl sites for hydroxylation is 1. The Bertz CT molecular complexity index is 934. The summed E-state index contributed by atoms with van der Waals surface area (Å²) in [6.45, 7) is 2.00. The lowest BCUT2D eigenvalue weighted by Crippen LogP contribution is -2.40. The molecule has 1 saturated carbocycles. The second kappa shape index (κ2) is 7.70. The first kappa shape index (κ1) is 17.4. The van der Waals surface area contributed by atoms with Gasteiger partial charge in [-0.2, -0.15) is 0 Å². The molecule has 2 aromatic heterocycles. The minimum Gasteiger partial charge on any atom is -0.474 e. The van der Waals surface area contributed by atoms with Crippen LogP contribution in [0.2, 0.25) is 0 Å². The molecular formula is C21H22N4O2. The highest BCUT2D eigenvalue weighted by Crippen LogP contribution is 2.23. The first-order valence-electron chi connectivity index (χ1n) is 9.29. The van der Waals surface area contributed by atoms with Gasteiger partial charge in [-0.15, -0.1) is 0 Å². The number of aromatic nitrogens is 3. The molecule has 4 rings (SSSR count). The van der Waals surface area contributed by atoms with E-state index in [4.69, 9.17) is 4.74 Å². The van der Waals surface area contributed by atoms with Gasteiger partial charge in [-0.3, -0.25) is 9.78 Å². The first-order chi connectivity index (χ1) is 13.2. The normalized spacial score (nSPS) is 19.6. The lowest BCUT2D eigenvalue weighted by atomic mass is 9.93. The first-order valence-corrected chi connectivity index (χ1v) is 9.29. The van der Waals surface area contributed by atoms with Gasteiger partial charge in [0.05, 0.1) is 17.2 Å². The van der Waals surface area contributed by atoms with E-state index in [1.807, 2.05) is 49.5 Å². The second-order valence-corrected chi connectivity index (χ2v) is 6.98. The molecule has 0 radical (unpaired) electrons. The Hall–Kier alpha value is -3.02. The lowest BCUT2D eigenvalue weighted by molar-refractivity contribution is 0.0885. The Morgan fingerprint density at radius 3 is 2.52 bits per heavy atom. The number of nitrogens with one attached hydrogen (secondary N) is 1. The summed E-state index contributed by atoms with van der Waals surface area (Å²) in [5, 5.41) is 3.08. The number of amides is 1. The Kier molecular flexibility index (Phi) is 4.96. The fraction of sp³-hybridized carbons (Fsp3) is 0.333. The SMILES string of the molecule is Cc1ccc(OC2CCC(NC(=O)c3cnc4ccccc4n3)CC2)nc1. The molecule has 1 aliphatic rings. The van der Waals surface area contributed by atoms with E-state index >= 15 is 0 Å². The monoisotopic (exact) mass is 362 g/mol. The molecule has 0 unspecified atom stereocenters. The van der Waals surface area contributed by atoms with E-state index in [0.29, 0.717) is 11.6 Å². The second-order valence-electron chi connectivity index (χ2n) is 6.98. The Morgan fingerprint density at radius 1 is 1.00 bits per heavy atom. The molecule has 1 fully saturated rings. The Labute approximate surface area is 158 Å². The summed E-state index contributed by atoms with van der Waals surface area (Å²) < 4.78 is 5.95. The van der Waals surface area contributed by atoms with Crippen LogP contribution >= 0.6 is 0 Å². The zero-order valence-corrected chi connectivity index (χ0v) is 15.3. The zero-order chi connectivity index (χ0) is 18.6. The number of hydrogen-bond acceptors (Lipinski definition) is 5. The maximum absolute atomic E-state index is 12.5. The van der Waals surface area contributed by atoms with E-state index in [1.165, 1.54) is 6.20 Å². The molecule has 0 aliphatic heterocycles. The van der Waals surface area contributed by atoms with Crippen LogP contribution < -0.4 is 10.1 Å². The van der Waals surface area contributed by atoms with Gasteiger partial charge in [0.25, 0.3) is 5.91 Å². The summed E-state index contributed by atoms with van der Waals surface area (Å²) in [6.07, 6.45) is 7.04. The molecule has 6 nitrogen and oxygen atoms in total. The van der Waals surface area contributed by atoms with Crippen LogP contribution in [0, 0.1) is 6.92 Å². The van der Waals surface area contributed by atoms with Gasteiger partial charge in [-0.05, 0) is 50.3 Å².